The molecule has 5 N–H and O–H groups in total. The van der Waals surface area contributed by atoms with Crippen LogP contribution in [0.25, 0.3) is 0 Å². The van der Waals surface area contributed by atoms with Gasteiger partial charge in [-0.3, -0.25) is 16.5 Å². The van der Waals surface area contributed by atoms with Crippen molar-refractivity contribution < 1.29 is 9.90 Å². The Morgan fingerprint density at radius 3 is 1.73 bits per heavy atom. The maximum atomic E-state index is 10.2. The fraction of sp³-hybridized carbons (Fsp3) is 0.909. The third-order valence-electron chi connectivity index (χ3n) is 2.24. The van der Waals surface area contributed by atoms with E-state index in [0.29, 0.717) is 6.42 Å². The van der Waals surface area contributed by atoms with E-state index in [1.807, 2.05) is 0 Å². The van der Waals surface area contributed by atoms with E-state index >= 15 is 0 Å². The second kappa shape index (κ2) is 15.8. The van der Waals surface area contributed by atoms with Crippen molar-refractivity contribution in [2.45, 2.75) is 64.7 Å². The smallest absolute Gasteiger partial charge is 0.303 e. The summed E-state index contributed by atoms with van der Waals surface area (Å²) in [4.78, 5) is 10.2. The molecule has 92 valence electrons. The van der Waals surface area contributed by atoms with Crippen LogP contribution in [0.1, 0.15) is 64.7 Å². The Bertz CT molecular complexity index is 130. The quantitative estimate of drug-likeness (QED) is 0.315. The lowest BCUT2D eigenvalue weighted by Crippen LogP contribution is -2.02. The molecule has 0 radical (unpaired) electrons. The second-order valence-electron chi connectivity index (χ2n) is 3.62. The van der Waals surface area contributed by atoms with Crippen LogP contribution < -0.4 is 11.7 Å². The minimum Gasteiger partial charge on any atom is -0.481 e. The molecule has 0 aliphatic carbocycles. The molecule has 0 unspecified atom stereocenters. The van der Waals surface area contributed by atoms with Crippen molar-refractivity contribution in [2.75, 3.05) is 0 Å². The number of hydrogen-bond donors (Lipinski definition) is 3. The first-order chi connectivity index (χ1) is 7.27. The summed E-state index contributed by atoms with van der Waals surface area (Å²) in [5.41, 5.74) is 0. The maximum absolute atomic E-state index is 10.2. The van der Waals surface area contributed by atoms with Crippen LogP contribution >= 0.6 is 0 Å². The van der Waals surface area contributed by atoms with E-state index in [1.54, 1.807) is 0 Å². The first-order valence-corrected chi connectivity index (χ1v) is 5.82. The van der Waals surface area contributed by atoms with Gasteiger partial charge in [0.25, 0.3) is 0 Å². The lowest BCUT2D eigenvalue weighted by Gasteiger charge is -1.99. The van der Waals surface area contributed by atoms with Gasteiger partial charge in [0.05, 0.1) is 0 Å². The molecular formula is C11H26N2O2. The van der Waals surface area contributed by atoms with Crippen LogP contribution in [0.3, 0.4) is 0 Å². The second-order valence-corrected chi connectivity index (χ2v) is 3.62. The van der Waals surface area contributed by atoms with Gasteiger partial charge in [0.15, 0.2) is 0 Å². The number of rotatable bonds is 9. The van der Waals surface area contributed by atoms with Gasteiger partial charge in [0.2, 0.25) is 0 Å². The normalized spacial score (nSPS) is 9.27. The van der Waals surface area contributed by atoms with Crippen LogP contribution in [0.4, 0.5) is 0 Å². The number of aliphatic carboxylic acids is 1. The molecule has 0 amide bonds. The van der Waals surface area contributed by atoms with E-state index in [0.717, 1.165) is 12.8 Å². The number of hydrogen-bond acceptors (Lipinski definition) is 3. The van der Waals surface area contributed by atoms with Crippen molar-refractivity contribution in [2.24, 2.45) is 11.7 Å². The lowest BCUT2D eigenvalue weighted by molar-refractivity contribution is -0.137. The van der Waals surface area contributed by atoms with Crippen molar-refractivity contribution >= 4 is 5.97 Å². The zero-order valence-corrected chi connectivity index (χ0v) is 9.87. The van der Waals surface area contributed by atoms with Crippen molar-refractivity contribution in [3.8, 4) is 0 Å². The molecule has 0 spiro atoms. The van der Waals surface area contributed by atoms with Gasteiger partial charge in [-0.2, -0.15) is 0 Å². The molecule has 0 rings (SSSR count). The molecule has 0 fully saturated rings. The van der Waals surface area contributed by atoms with Crippen LogP contribution in [-0.2, 0) is 4.79 Å². The predicted octanol–water partition coefficient (Wildman–Crippen LogP) is 2.42. The zero-order valence-electron chi connectivity index (χ0n) is 9.87. The van der Waals surface area contributed by atoms with Gasteiger partial charge in [-0.1, -0.05) is 51.9 Å². The average Bonchev–Trinajstić information content (AvgIpc) is 2.24. The molecule has 0 heterocycles. The molecule has 0 aromatic carbocycles. The largest absolute Gasteiger partial charge is 0.481 e. The maximum Gasteiger partial charge on any atom is 0.303 e. The van der Waals surface area contributed by atoms with Crippen LogP contribution in [-0.4, -0.2) is 11.1 Å². The lowest BCUT2D eigenvalue weighted by atomic mass is 10.1. The molecule has 0 aromatic heterocycles. The molecule has 0 saturated carbocycles. The van der Waals surface area contributed by atoms with Crippen molar-refractivity contribution in [1.29, 1.82) is 0 Å². The van der Waals surface area contributed by atoms with Gasteiger partial charge in [-0.05, 0) is 6.42 Å². The van der Waals surface area contributed by atoms with Crippen LogP contribution in [0.15, 0.2) is 0 Å². The average molecular weight is 218 g/mol. The number of carbonyl (C=O) groups is 1. The standard InChI is InChI=1S/C11H22O2.H4N2/c1-2-3-4-5-6-7-8-9-10-11(12)13;1-2/h2-10H2,1H3,(H,12,13);1-2H2. The molecule has 0 aliphatic rings. The summed E-state index contributed by atoms with van der Waals surface area (Å²) in [6.45, 7) is 2.22. The van der Waals surface area contributed by atoms with Gasteiger partial charge in [-0.15, -0.1) is 0 Å². The highest BCUT2D eigenvalue weighted by atomic mass is 16.4. The van der Waals surface area contributed by atoms with Crippen LogP contribution in [0.5, 0.6) is 0 Å². The summed E-state index contributed by atoms with van der Waals surface area (Å²) in [5.74, 6) is 7.34. The van der Waals surface area contributed by atoms with Crippen molar-refractivity contribution in [3.05, 3.63) is 0 Å². The Kier molecular flexibility index (Phi) is 17.8. The van der Waals surface area contributed by atoms with E-state index in [-0.39, 0.29) is 0 Å². The van der Waals surface area contributed by atoms with Gasteiger partial charge in [-0.25, -0.2) is 0 Å². The molecule has 0 aliphatic heterocycles. The van der Waals surface area contributed by atoms with Gasteiger partial charge in [0, 0.05) is 6.42 Å². The molecular weight excluding hydrogens is 192 g/mol. The highest BCUT2D eigenvalue weighted by molar-refractivity contribution is 5.66. The fourth-order valence-corrected chi connectivity index (χ4v) is 1.41. The van der Waals surface area contributed by atoms with Crippen molar-refractivity contribution in [1.82, 2.24) is 0 Å². The SMILES string of the molecule is CCCCCCCCCCC(=O)O.NN. The first kappa shape index (κ1) is 16.8. The highest BCUT2D eigenvalue weighted by Crippen LogP contribution is 2.09. The summed E-state index contributed by atoms with van der Waals surface area (Å²) in [6.07, 6.45) is 10.1. The number of hydrazine groups is 1. The molecule has 0 atom stereocenters. The number of nitrogens with two attached hydrogens (primary N) is 2. The Morgan fingerprint density at radius 1 is 0.933 bits per heavy atom. The van der Waals surface area contributed by atoms with E-state index in [2.05, 4.69) is 18.6 Å². The Balaban J connectivity index is 0. The van der Waals surface area contributed by atoms with E-state index < -0.39 is 5.97 Å². The highest BCUT2D eigenvalue weighted by Gasteiger charge is 1.95. The van der Waals surface area contributed by atoms with E-state index in [9.17, 15) is 4.79 Å². The van der Waals surface area contributed by atoms with Crippen molar-refractivity contribution in [3.63, 3.8) is 0 Å². The summed E-state index contributed by atoms with van der Waals surface area (Å²) in [6, 6.07) is 0. The molecule has 0 aromatic rings. The number of carboxylic acids is 1. The first-order valence-electron chi connectivity index (χ1n) is 5.82. The van der Waals surface area contributed by atoms with E-state index in [1.165, 1.54) is 38.5 Å². The van der Waals surface area contributed by atoms with Crippen LogP contribution in [0.2, 0.25) is 0 Å². The third-order valence-corrected chi connectivity index (χ3v) is 2.24. The zero-order chi connectivity index (χ0) is 11.9. The minimum absolute atomic E-state index is 0.342. The van der Waals surface area contributed by atoms with Gasteiger partial charge in [0.1, 0.15) is 0 Å². The topological polar surface area (TPSA) is 89.3 Å². The summed E-state index contributed by atoms with van der Waals surface area (Å²) in [7, 11) is 0. The molecule has 0 saturated heterocycles. The van der Waals surface area contributed by atoms with Gasteiger partial charge >= 0.3 is 5.97 Å². The number of carboxylic acid groups (broad SMARTS) is 1. The predicted molar refractivity (Wildman–Crippen MR) is 63.2 cm³/mol. The van der Waals surface area contributed by atoms with Gasteiger partial charge < -0.3 is 5.11 Å². The number of unbranched alkanes of at least 4 members (excludes halogenated alkanes) is 7. The molecule has 15 heavy (non-hydrogen) atoms. The Hall–Kier alpha value is -0.610. The summed E-state index contributed by atoms with van der Waals surface area (Å²) >= 11 is 0. The third kappa shape index (κ3) is 19.7. The Morgan fingerprint density at radius 2 is 1.33 bits per heavy atom. The monoisotopic (exact) mass is 218 g/mol. The molecule has 0 bridgehead atoms. The minimum atomic E-state index is -0.661. The van der Waals surface area contributed by atoms with E-state index in [4.69, 9.17) is 5.11 Å². The summed E-state index contributed by atoms with van der Waals surface area (Å²) in [5, 5.41) is 8.39. The van der Waals surface area contributed by atoms with Crippen LogP contribution in [0, 0.1) is 0 Å². The molecule has 4 heteroatoms. The Labute approximate surface area is 93.0 Å². The molecule has 4 nitrogen and oxygen atoms in total. The summed E-state index contributed by atoms with van der Waals surface area (Å²) < 4.78 is 0. The fourth-order valence-electron chi connectivity index (χ4n) is 1.41.